The number of halogens is 2. The van der Waals surface area contributed by atoms with Crippen LogP contribution in [-0.2, 0) is 25.5 Å². The van der Waals surface area contributed by atoms with E-state index in [4.69, 9.17) is 0 Å². The van der Waals surface area contributed by atoms with E-state index in [0.717, 1.165) is 0 Å². The van der Waals surface area contributed by atoms with Crippen molar-refractivity contribution in [2.24, 2.45) is 5.41 Å². The van der Waals surface area contributed by atoms with Crippen LogP contribution < -0.4 is 0 Å². The lowest BCUT2D eigenvalue weighted by molar-refractivity contribution is -0.184. The van der Waals surface area contributed by atoms with Crippen molar-refractivity contribution in [2.45, 2.75) is 26.7 Å². The molecule has 1 aromatic carbocycles. The molecule has 0 aliphatic heterocycles. The summed E-state index contributed by atoms with van der Waals surface area (Å²) >= 11 is 0. The summed E-state index contributed by atoms with van der Waals surface area (Å²) in [5, 5.41) is 0. The van der Waals surface area contributed by atoms with Gasteiger partial charge in [-0.15, -0.1) is 0 Å². The lowest BCUT2D eigenvalue weighted by Crippen LogP contribution is -2.49. The second-order valence-corrected chi connectivity index (χ2v) is 4.38. The van der Waals surface area contributed by atoms with Gasteiger partial charge in [0, 0.05) is 6.42 Å². The van der Waals surface area contributed by atoms with E-state index in [1.807, 2.05) is 0 Å². The molecule has 116 valence electrons. The highest BCUT2D eigenvalue weighted by atomic mass is 19.3. The molecule has 0 aromatic heterocycles. The third-order valence-corrected chi connectivity index (χ3v) is 2.98. The van der Waals surface area contributed by atoms with Crippen LogP contribution in [0.1, 0.15) is 19.4 Å². The van der Waals surface area contributed by atoms with Crippen molar-refractivity contribution in [2.75, 3.05) is 13.2 Å². The molecule has 0 bridgehead atoms. The van der Waals surface area contributed by atoms with Crippen LogP contribution in [0, 0.1) is 5.41 Å². The number of esters is 2. The van der Waals surface area contributed by atoms with Gasteiger partial charge in [-0.3, -0.25) is 9.59 Å². The SMILES string of the molecule is CCOC(=O)C(Cc1ccccc1)(C(=O)OCC)C(F)F. The van der Waals surface area contributed by atoms with Crippen molar-refractivity contribution in [1.29, 1.82) is 0 Å². The number of alkyl halides is 2. The van der Waals surface area contributed by atoms with Crippen LogP contribution in [0.3, 0.4) is 0 Å². The third kappa shape index (κ3) is 3.77. The van der Waals surface area contributed by atoms with Crippen LogP contribution in [0.2, 0.25) is 0 Å². The second-order valence-electron chi connectivity index (χ2n) is 4.38. The molecule has 4 nitrogen and oxygen atoms in total. The summed E-state index contributed by atoms with van der Waals surface area (Å²) in [6.45, 7) is 2.78. The van der Waals surface area contributed by atoms with E-state index in [-0.39, 0.29) is 13.2 Å². The molecule has 0 saturated carbocycles. The van der Waals surface area contributed by atoms with E-state index < -0.39 is 30.2 Å². The Kier molecular flexibility index (Phi) is 6.27. The number of benzene rings is 1. The number of rotatable bonds is 7. The molecule has 0 spiro atoms. The summed E-state index contributed by atoms with van der Waals surface area (Å²) in [7, 11) is 0. The topological polar surface area (TPSA) is 52.6 Å². The average molecular weight is 300 g/mol. The molecule has 0 amide bonds. The molecule has 0 fully saturated rings. The zero-order valence-electron chi connectivity index (χ0n) is 12.0. The molecule has 0 aliphatic rings. The van der Waals surface area contributed by atoms with E-state index in [9.17, 15) is 18.4 Å². The third-order valence-electron chi connectivity index (χ3n) is 2.98. The summed E-state index contributed by atoms with van der Waals surface area (Å²) in [6.07, 6.45) is -3.70. The van der Waals surface area contributed by atoms with Crippen LogP contribution in [0.25, 0.3) is 0 Å². The number of hydrogen-bond acceptors (Lipinski definition) is 4. The average Bonchev–Trinajstić information content (AvgIpc) is 2.45. The molecule has 1 rings (SSSR count). The Hall–Kier alpha value is -1.98. The Balaban J connectivity index is 3.23. The Morgan fingerprint density at radius 1 is 1.05 bits per heavy atom. The standard InChI is InChI=1S/C15H18F2O4/c1-3-20-13(18)15(12(16)17,14(19)21-4-2)10-11-8-6-5-7-9-11/h5-9,12H,3-4,10H2,1-2H3. The minimum atomic E-state index is -3.23. The fraction of sp³-hybridized carbons (Fsp3) is 0.467. The smallest absolute Gasteiger partial charge is 0.329 e. The normalized spacial score (nSPS) is 11.3. The van der Waals surface area contributed by atoms with E-state index in [1.165, 1.54) is 13.8 Å². The Morgan fingerprint density at radius 2 is 1.52 bits per heavy atom. The summed E-state index contributed by atoms with van der Waals surface area (Å²) < 4.78 is 36.5. The molecule has 0 unspecified atom stereocenters. The zero-order chi connectivity index (χ0) is 15.9. The van der Waals surface area contributed by atoms with Crippen LogP contribution in [0.4, 0.5) is 8.78 Å². The van der Waals surface area contributed by atoms with Gasteiger partial charge in [-0.05, 0) is 19.4 Å². The molecule has 0 aliphatic carbocycles. The molecule has 0 saturated heterocycles. The fourth-order valence-electron chi connectivity index (χ4n) is 1.92. The summed E-state index contributed by atoms with van der Waals surface area (Å²) in [5.74, 6) is -2.52. The van der Waals surface area contributed by atoms with Crippen molar-refractivity contribution in [3.05, 3.63) is 35.9 Å². The zero-order valence-corrected chi connectivity index (χ0v) is 12.0. The van der Waals surface area contributed by atoms with E-state index in [2.05, 4.69) is 9.47 Å². The van der Waals surface area contributed by atoms with Crippen molar-refractivity contribution >= 4 is 11.9 Å². The lowest BCUT2D eigenvalue weighted by Gasteiger charge is -2.28. The highest BCUT2D eigenvalue weighted by molar-refractivity contribution is 6.01. The predicted molar refractivity (Wildman–Crippen MR) is 71.8 cm³/mol. The number of carbonyl (C=O) groups is 2. The van der Waals surface area contributed by atoms with Gasteiger partial charge in [0.1, 0.15) is 0 Å². The first-order valence-corrected chi connectivity index (χ1v) is 6.65. The van der Waals surface area contributed by atoms with E-state index in [1.54, 1.807) is 30.3 Å². The molecule has 1 aromatic rings. The first-order valence-electron chi connectivity index (χ1n) is 6.65. The Morgan fingerprint density at radius 3 is 1.90 bits per heavy atom. The minimum absolute atomic E-state index is 0.0957. The lowest BCUT2D eigenvalue weighted by atomic mass is 9.81. The summed E-state index contributed by atoms with van der Waals surface area (Å²) in [4.78, 5) is 24.0. The summed E-state index contributed by atoms with van der Waals surface area (Å²) in [5.41, 5.74) is -2.20. The van der Waals surface area contributed by atoms with Crippen LogP contribution in [0.15, 0.2) is 30.3 Å². The molecular formula is C15H18F2O4. The first-order chi connectivity index (χ1) is 9.98. The van der Waals surface area contributed by atoms with Crippen LogP contribution in [0.5, 0.6) is 0 Å². The molecular weight excluding hydrogens is 282 g/mol. The second kappa shape index (κ2) is 7.71. The van der Waals surface area contributed by atoms with Crippen molar-refractivity contribution in [3.8, 4) is 0 Å². The fourth-order valence-corrected chi connectivity index (χ4v) is 1.92. The highest BCUT2D eigenvalue weighted by Gasteiger charge is 2.57. The van der Waals surface area contributed by atoms with Crippen molar-refractivity contribution in [1.82, 2.24) is 0 Å². The van der Waals surface area contributed by atoms with Gasteiger partial charge in [0.05, 0.1) is 13.2 Å². The van der Waals surface area contributed by atoms with Crippen LogP contribution in [-0.4, -0.2) is 31.6 Å². The molecule has 6 heteroatoms. The molecule has 0 radical (unpaired) electrons. The van der Waals surface area contributed by atoms with Gasteiger partial charge in [-0.2, -0.15) is 0 Å². The number of ether oxygens (including phenoxy) is 2. The highest BCUT2D eigenvalue weighted by Crippen LogP contribution is 2.34. The van der Waals surface area contributed by atoms with Crippen molar-refractivity contribution in [3.63, 3.8) is 0 Å². The van der Waals surface area contributed by atoms with Gasteiger partial charge in [0.25, 0.3) is 6.43 Å². The maximum atomic E-state index is 13.6. The number of hydrogen-bond donors (Lipinski definition) is 0. The molecule has 0 heterocycles. The Bertz CT molecular complexity index is 456. The van der Waals surface area contributed by atoms with Gasteiger partial charge >= 0.3 is 11.9 Å². The van der Waals surface area contributed by atoms with Crippen LogP contribution >= 0.6 is 0 Å². The monoisotopic (exact) mass is 300 g/mol. The quantitative estimate of drug-likeness (QED) is 0.574. The van der Waals surface area contributed by atoms with E-state index in [0.29, 0.717) is 5.56 Å². The van der Waals surface area contributed by atoms with E-state index >= 15 is 0 Å². The van der Waals surface area contributed by atoms with Gasteiger partial charge in [-0.1, -0.05) is 30.3 Å². The first kappa shape index (κ1) is 17.1. The predicted octanol–water partition coefficient (Wildman–Crippen LogP) is 2.61. The van der Waals surface area contributed by atoms with Gasteiger partial charge in [0.2, 0.25) is 5.41 Å². The molecule has 0 atom stereocenters. The van der Waals surface area contributed by atoms with Crippen molar-refractivity contribution < 1.29 is 27.8 Å². The molecule has 21 heavy (non-hydrogen) atoms. The largest absolute Gasteiger partial charge is 0.465 e. The Labute approximate surface area is 122 Å². The summed E-state index contributed by atoms with van der Waals surface area (Å²) in [6, 6.07) is 8.12. The van der Waals surface area contributed by atoms with Gasteiger partial charge in [-0.25, -0.2) is 8.78 Å². The maximum absolute atomic E-state index is 13.6. The van der Waals surface area contributed by atoms with Gasteiger partial charge < -0.3 is 9.47 Å². The van der Waals surface area contributed by atoms with Gasteiger partial charge in [0.15, 0.2) is 0 Å². The molecule has 0 N–H and O–H groups in total. The maximum Gasteiger partial charge on any atom is 0.329 e. The number of carbonyl (C=O) groups excluding carboxylic acids is 2. The minimum Gasteiger partial charge on any atom is -0.465 e.